The van der Waals surface area contributed by atoms with Gasteiger partial charge in [-0.15, -0.1) is 12.4 Å². The highest BCUT2D eigenvalue weighted by Crippen LogP contribution is 2.49. The Hall–Kier alpha value is -3.19. The van der Waals surface area contributed by atoms with Gasteiger partial charge in [0.2, 0.25) is 0 Å². The number of likely N-dealkylation sites (tertiary alicyclic amines) is 1. The van der Waals surface area contributed by atoms with E-state index < -0.39 is 5.60 Å². The van der Waals surface area contributed by atoms with Gasteiger partial charge in [-0.05, 0) is 96.2 Å². The number of carbonyl (C=O) groups excluding carboxylic acids is 1. The molecule has 0 amide bonds. The second-order valence-corrected chi connectivity index (χ2v) is 15.0. The smallest absolute Gasteiger partial charge is 0.339 e. The average molecular weight is 814 g/mol. The Kier molecular flexibility index (Phi) is 15.0. The number of likely N-dealkylation sites (N-methyl/N-ethyl adjacent to an activating group) is 1. The number of hydrogen-bond donors (Lipinski definition) is 0. The zero-order valence-corrected chi connectivity index (χ0v) is 33.8. The Morgan fingerprint density at radius 1 is 1.02 bits per heavy atom. The number of carbonyl (C=O) groups is 1. The molecule has 0 spiro atoms. The molecule has 53 heavy (non-hydrogen) atoms. The van der Waals surface area contributed by atoms with Crippen LogP contribution < -0.4 is 9.47 Å². The Labute approximate surface area is 328 Å². The van der Waals surface area contributed by atoms with Crippen LogP contribution in [0.3, 0.4) is 0 Å². The Balaban J connectivity index is 0.000000216. The maximum absolute atomic E-state index is 12.5. The third-order valence-electron chi connectivity index (χ3n) is 10.5. The monoisotopic (exact) mass is 812 g/mol. The summed E-state index contributed by atoms with van der Waals surface area (Å²) in [6.07, 6.45) is 10.5. The lowest BCUT2D eigenvalue weighted by Crippen LogP contribution is -2.59. The fraction of sp³-hybridized carbons (Fsp3) is 0.512. The summed E-state index contributed by atoms with van der Waals surface area (Å²) in [4.78, 5) is 21.4. The van der Waals surface area contributed by atoms with Gasteiger partial charge in [-0.2, -0.15) is 0 Å². The van der Waals surface area contributed by atoms with Crippen LogP contribution >= 0.6 is 28.3 Å². The van der Waals surface area contributed by atoms with Crippen LogP contribution in [0.5, 0.6) is 11.5 Å². The first-order chi connectivity index (χ1) is 25.3. The summed E-state index contributed by atoms with van der Waals surface area (Å²) < 4.78 is 31.7. The number of pyridine rings is 1. The van der Waals surface area contributed by atoms with Gasteiger partial charge in [0.15, 0.2) is 0 Å². The molecule has 0 radical (unpaired) electrons. The van der Waals surface area contributed by atoms with Gasteiger partial charge in [0.05, 0.1) is 38.6 Å². The quantitative estimate of drug-likeness (QED) is 0.102. The number of rotatable bonds is 13. The molecule has 3 unspecified atom stereocenters. The van der Waals surface area contributed by atoms with E-state index in [4.69, 9.17) is 23.7 Å². The van der Waals surface area contributed by atoms with Gasteiger partial charge < -0.3 is 28.3 Å². The number of aromatic nitrogens is 2. The number of unbranched alkanes of at least 4 members (excludes halogenated alkanes) is 1. The van der Waals surface area contributed by atoms with E-state index in [9.17, 15) is 4.79 Å². The van der Waals surface area contributed by atoms with Crippen LogP contribution in [0, 0.1) is 5.92 Å². The van der Waals surface area contributed by atoms with Gasteiger partial charge in [-0.3, -0.25) is 14.8 Å². The molecule has 2 aromatic carbocycles. The van der Waals surface area contributed by atoms with E-state index in [0.29, 0.717) is 12.2 Å². The second kappa shape index (κ2) is 19.4. The molecule has 2 saturated heterocycles. The van der Waals surface area contributed by atoms with E-state index in [1.807, 2.05) is 31.4 Å². The summed E-state index contributed by atoms with van der Waals surface area (Å²) in [6.45, 7) is 9.82. The third-order valence-corrected chi connectivity index (χ3v) is 10.9. The van der Waals surface area contributed by atoms with E-state index in [1.165, 1.54) is 28.2 Å². The number of methoxy groups -OCH3 is 1. The van der Waals surface area contributed by atoms with E-state index >= 15 is 0 Å². The average Bonchev–Trinajstić information content (AvgIpc) is 3.49. The van der Waals surface area contributed by atoms with Gasteiger partial charge in [-0.25, -0.2) is 4.79 Å². The molecule has 2 fully saturated rings. The Bertz CT molecular complexity index is 1770. The molecule has 0 saturated carbocycles. The van der Waals surface area contributed by atoms with E-state index in [-0.39, 0.29) is 30.3 Å². The van der Waals surface area contributed by atoms with Crippen molar-refractivity contribution in [3.8, 4) is 11.5 Å². The van der Waals surface area contributed by atoms with Crippen LogP contribution in [-0.2, 0) is 33.3 Å². The zero-order valence-electron chi connectivity index (χ0n) is 31.4. The number of morpholine rings is 1. The molecule has 10 nitrogen and oxygen atoms in total. The molecule has 0 bridgehead atoms. The summed E-state index contributed by atoms with van der Waals surface area (Å²) in [5.41, 5.74) is 3.90. The number of ether oxygens (including phenoxy) is 5. The molecule has 288 valence electrons. The summed E-state index contributed by atoms with van der Waals surface area (Å²) >= 11 is 3.35. The first-order valence-corrected chi connectivity index (χ1v) is 19.4. The molecule has 7 rings (SSSR count). The van der Waals surface area contributed by atoms with Crippen molar-refractivity contribution in [2.75, 3.05) is 73.4 Å². The van der Waals surface area contributed by atoms with Crippen molar-refractivity contribution in [1.29, 1.82) is 0 Å². The van der Waals surface area contributed by atoms with Crippen molar-refractivity contribution in [3.63, 3.8) is 0 Å². The second-order valence-electron chi connectivity index (χ2n) is 14.1. The lowest BCUT2D eigenvalue weighted by molar-refractivity contribution is -0.131. The number of fused-ring (bicyclic) bond motifs is 2. The predicted octanol–water partition coefficient (Wildman–Crippen LogP) is 7.30. The van der Waals surface area contributed by atoms with Crippen molar-refractivity contribution >= 4 is 45.2 Å². The summed E-state index contributed by atoms with van der Waals surface area (Å²) in [6, 6.07) is 16.4. The molecule has 0 N–H and O–H groups in total. The summed E-state index contributed by atoms with van der Waals surface area (Å²) in [7, 11) is 6.07. The molecule has 3 aliphatic rings. The maximum atomic E-state index is 12.5. The SMILES string of the molecule is CCCCOc1ccc(OCCCN2CCOCC2)cc1.COC12CC(COC(=O)c3cncc(Br)c3)CN(C)C1Cc1cn(C)c3cccc2c13.Cl. The number of nitrogens with zero attached hydrogens (tertiary/aromatic N) is 4. The molecular formula is C41H54BrClN4O6. The number of aryl methyl sites for hydroxylation is 1. The van der Waals surface area contributed by atoms with Crippen molar-refractivity contribution < 1.29 is 28.5 Å². The van der Waals surface area contributed by atoms with E-state index in [2.05, 4.69) is 80.7 Å². The minimum atomic E-state index is -0.421. The number of piperidine rings is 1. The minimum Gasteiger partial charge on any atom is -0.494 e. The Morgan fingerprint density at radius 3 is 2.42 bits per heavy atom. The predicted molar refractivity (Wildman–Crippen MR) is 214 cm³/mol. The van der Waals surface area contributed by atoms with Crippen LogP contribution in [-0.4, -0.2) is 105 Å². The number of esters is 1. The topological polar surface area (TPSA) is 87.5 Å². The number of hydrogen-bond acceptors (Lipinski definition) is 9. The van der Waals surface area contributed by atoms with Gasteiger partial charge in [0, 0.05) is 86.3 Å². The summed E-state index contributed by atoms with van der Waals surface area (Å²) in [5.74, 6) is 1.66. The highest BCUT2D eigenvalue weighted by molar-refractivity contribution is 9.10. The van der Waals surface area contributed by atoms with Crippen LogP contribution in [0.25, 0.3) is 10.9 Å². The number of benzene rings is 2. The van der Waals surface area contributed by atoms with Crippen LogP contribution in [0.15, 0.2) is 71.6 Å². The lowest BCUT2D eigenvalue weighted by Gasteiger charge is -2.53. The largest absolute Gasteiger partial charge is 0.494 e. The van der Waals surface area contributed by atoms with Gasteiger partial charge in [-0.1, -0.05) is 25.5 Å². The van der Waals surface area contributed by atoms with Gasteiger partial charge in [0.25, 0.3) is 0 Å². The van der Waals surface area contributed by atoms with Crippen molar-refractivity contribution in [3.05, 3.63) is 88.3 Å². The minimum absolute atomic E-state index is 0. The lowest BCUT2D eigenvalue weighted by atomic mass is 9.69. The first-order valence-electron chi connectivity index (χ1n) is 18.6. The fourth-order valence-corrected chi connectivity index (χ4v) is 8.26. The number of halogens is 2. The molecule has 4 heterocycles. The van der Waals surface area contributed by atoms with Crippen LogP contribution in [0.2, 0.25) is 0 Å². The van der Waals surface area contributed by atoms with Crippen LogP contribution in [0.1, 0.15) is 54.1 Å². The third kappa shape index (κ3) is 9.92. The molecular weight excluding hydrogens is 760 g/mol. The zero-order chi connectivity index (χ0) is 36.5. The van der Waals surface area contributed by atoms with Crippen molar-refractivity contribution in [2.24, 2.45) is 13.0 Å². The van der Waals surface area contributed by atoms with Crippen molar-refractivity contribution in [1.82, 2.24) is 19.4 Å². The maximum Gasteiger partial charge on any atom is 0.339 e. The molecule has 1 aliphatic carbocycles. The first kappa shape index (κ1) is 41.0. The highest BCUT2D eigenvalue weighted by Gasteiger charge is 2.52. The molecule has 4 aromatic rings. The normalized spacial score (nSPS) is 21.2. The van der Waals surface area contributed by atoms with Crippen LogP contribution in [0.4, 0.5) is 0 Å². The Morgan fingerprint density at radius 2 is 1.74 bits per heavy atom. The summed E-state index contributed by atoms with van der Waals surface area (Å²) in [5, 5.41) is 1.31. The van der Waals surface area contributed by atoms with Gasteiger partial charge in [0.1, 0.15) is 17.1 Å². The fourth-order valence-electron chi connectivity index (χ4n) is 7.90. The van der Waals surface area contributed by atoms with E-state index in [0.717, 1.165) is 101 Å². The standard InChI is InChI=1S/C24H26BrN3O3.C17H27NO3.ClH/c1-27-13-17-8-21-24(30-3,19-5-4-6-20(27)22(17)19)9-15(12-28(21)2)14-31-23(29)16-7-18(25)11-26-10-16;1-2-3-12-20-16-5-7-17(8-6-16)21-13-4-9-18-10-14-19-15-11-18;/h4-7,10-11,13,15,21H,8-9,12,14H2,1-3H3;5-8H,2-4,9-15H2,1H3;1H. The van der Waals surface area contributed by atoms with E-state index in [1.54, 1.807) is 12.3 Å². The molecule has 3 atom stereocenters. The van der Waals surface area contributed by atoms with Gasteiger partial charge >= 0.3 is 5.97 Å². The molecule has 12 heteroatoms. The molecule has 2 aliphatic heterocycles. The highest BCUT2D eigenvalue weighted by atomic mass is 79.9. The van der Waals surface area contributed by atoms with Crippen molar-refractivity contribution in [2.45, 2.75) is 50.7 Å². The molecule has 2 aromatic heterocycles.